The van der Waals surface area contributed by atoms with Crippen LogP contribution in [0.4, 0.5) is 0 Å². The maximum atomic E-state index is 6.53. The minimum Gasteiger partial charge on any atom is -0.321 e. The second-order valence-corrected chi connectivity index (χ2v) is 8.74. The summed E-state index contributed by atoms with van der Waals surface area (Å²) in [5, 5.41) is 12.1. The number of hydrogen-bond donors (Lipinski definition) is 2. The van der Waals surface area contributed by atoms with Gasteiger partial charge in [-0.25, -0.2) is 9.50 Å². The minimum atomic E-state index is -0.192. The SMILES string of the molecule is NC1(c2ccc(-c3nc4c(-c5ccn[nH]5)cc(Cl)nn4c3-c3ccccc3)cc2)CCC1. The predicted octanol–water partition coefficient (Wildman–Crippen LogP) is 5.44. The zero-order valence-electron chi connectivity index (χ0n) is 17.3. The third kappa shape index (κ3) is 3.03. The van der Waals surface area contributed by atoms with Gasteiger partial charge in [0, 0.05) is 28.4 Å². The van der Waals surface area contributed by atoms with E-state index in [4.69, 9.17) is 22.3 Å². The fourth-order valence-electron chi connectivity index (χ4n) is 4.46. The van der Waals surface area contributed by atoms with Gasteiger partial charge < -0.3 is 5.73 Å². The fraction of sp³-hybridized carbons (Fsp3) is 0.160. The first kappa shape index (κ1) is 19.2. The molecule has 3 aromatic heterocycles. The van der Waals surface area contributed by atoms with Crippen LogP contribution in [0.25, 0.3) is 39.4 Å². The lowest BCUT2D eigenvalue weighted by atomic mass is 9.72. The Morgan fingerprint density at radius 3 is 2.41 bits per heavy atom. The monoisotopic (exact) mass is 440 g/mol. The summed E-state index contributed by atoms with van der Waals surface area (Å²) in [6, 6.07) is 22.3. The number of aromatic amines is 1. The number of imidazole rings is 1. The van der Waals surface area contributed by atoms with Crippen LogP contribution in [0.5, 0.6) is 0 Å². The number of benzene rings is 2. The Balaban J connectivity index is 1.60. The number of hydrogen-bond acceptors (Lipinski definition) is 4. The second-order valence-electron chi connectivity index (χ2n) is 8.35. The summed E-state index contributed by atoms with van der Waals surface area (Å²) in [6.07, 6.45) is 4.97. The van der Waals surface area contributed by atoms with Crippen molar-refractivity contribution in [2.45, 2.75) is 24.8 Å². The van der Waals surface area contributed by atoms with Crippen molar-refractivity contribution in [1.82, 2.24) is 24.8 Å². The zero-order valence-corrected chi connectivity index (χ0v) is 18.0. The molecule has 6 nitrogen and oxygen atoms in total. The molecule has 0 aliphatic heterocycles. The van der Waals surface area contributed by atoms with E-state index in [9.17, 15) is 0 Å². The molecule has 158 valence electrons. The molecule has 0 unspecified atom stereocenters. The van der Waals surface area contributed by atoms with Gasteiger partial charge in [-0.3, -0.25) is 5.10 Å². The van der Waals surface area contributed by atoms with Crippen LogP contribution in [0.15, 0.2) is 72.9 Å². The summed E-state index contributed by atoms with van der Waals surface area (Å²) >= 11 is 6.44. The molecule has 3 heterocycles. The second kappa shape index (κ2) is 7.29. The van der Waals surface area contributed by atoms with Crippen LogP contribution in [0, 0.1) is 0 Å². The average molecular weight is 441 g/mol. The van der Waals surface area contributed by atoms with Gasteiger partial charge in [0.1, 0.15) is 5.69 Å². The summed E-state index contributed by atoms with van der Waals surface area (Å²) in [5.74, 6) is 0. The average Bonchev–Trinajstić information content (AvgIpc) is 3.46. The number of nitrogens with zero attached hydrogens (tertiary/aromatic N) is 4. The molecule has 1 saturated carbocycles. The third-order valence-corrected chi connectivity index (χ3v) is 6.56. The molecule has 0 radical (unpaired) electrons. The molecule has 3 N–H and O–H groups in total. The Morgan fingerprint density at radius 1 is 0.969 bits per heavy atom. The number of fused-ring (bicyclic) bond motifs is 1. The molecule has 0 amide bonds. The van der Waals surface area contributed by atoms with Gasteiger partial charge in [-0.15, -0.1) is 0 Å². The number of aromatic nitrogens is 5. The van der Waals surface area contributed by atoms with Crippen LogP contribution in [-0.2, 0) is 5.54 Å². The smallest absolute Gasteiger partial charge is 0.164 e. The summed E-state index contributed by atoms with van der Waals surface area (Å²) < 4.78 is 1.83. The summed E-state index contributed by atoms with van der Waals surface area (Å²) in [6.45, 7) is 0. The third-order valence-electron chi connectivity index (χ3n) is 6.37. The van der Waals surface area contributed by atoms with Crippen LogP contribution in [-0.4, -0.2) is 24.8 Å². The first-order chi connectivity index (χ1) is 15.6. The van der Waals surface area contributed by atoms with Gasteiger partial charge in [0.05, 0.1) is 11.4 Å². The van der Waals surface area contributed by atoms with Crippen molar-refractivity contribution in [3.63, 3.8) is 0 Å². The molecular formula is C25H21ClN6. The van der Waals surface area contributed by atoms with E-state index in [2.05, 4.69) is 51.7 Å². The lowest BCUT2D eigenvalue weighted by Crippen LogP contribution is -2.43. The first-order valence-corrected chi connectivity index (χ1v) is 11.0. The van der Waals surface area contributed by atoms with Crippen molar-refractivity contribution in [3.8, 4) is 33.8 Å². The fourth-order valence-corrected chi connectivity index (χ4v) is 4.64. The molecule has 7 heteroatoms. The van der Waals surface area contributed by atoms with Gasteiger partial charge in [0.2, 0.25) is 0 Å². The van der Waals surface area contributed by atoms with E-state index >= 15 is 0 Å². The highest BCUT2D eigenvalue weighted by atomic mass is 35.5. The van der Waals surface area contributed by atoms with Crippen molar-refractivity contribution < 1.29 is 0 Å². The van der Waals surface area contributed by atoms with E-state index in [1.165, 1.54) is 12.0 Å². The Kier molecular flexibility index (Phi) is 4.38. The number of H-pyrrole nitrogens is 1. The minimum absolute atomic E-state index is 0.192. The van der Waals surface area contributed by atoms with Crippen molar-refractivity contribution in [1.29, 1.82) is 0 Å². The van der Waals surface area contributed by atoms with Gasteiger partial charge in [-0.05, 0) is 37.0 Å². The van der Waals surface area contributed by atoms with Crippen molar-refractivity contribution >= 4 is 17.2 Å². The zero-order chi connectivity index (χ0) is 21.7. The lowest BCUT2D eigenvalue weighted by Gasteiger charge is -2.38. The van der Waals surface area contributed by atoms with Crippen LogP contribution < -0.4 is 5.73 Å². The highest BCUT2D eigenvalue weighted by Crippen LogP contribution is 2.40. The molecule has 1 fully saturated rings. The van der Waals surface area contributed by atoms with E-state index in [1.807, 2.05) is 34.8 Å². The standard InChI is InChI=1S/C25H21ClN6/c26-21-15-19(20-11-14-28-30-20)24-29-22(23(32(24)31-21)17-5-2-1-3-6-17)16-7-9-18(10-8-16)25(27)12-4-13-25/h1-3,5-11,14-15H,4,12-13,27H2,(H,28,30). The molecule has 2 aromatic carbocycles. The van der Waals surface area contributed by atoms with Crippen LogP contribution in [0.1, 0.15) is 24.8 Å². The highest BCUT2D eigenvalue weighted by Gasteiger charge is 2.34. The molecule has 1 aliphatic carbocycles. The number of halogens is 1. The van der Waals surface area contributed by atoms with E-state index in [-0.39, 0.29) is 5.54 Å². The Hall–Kier alpha value is -3.48. The van der Waals surface area contributed by atoms with E-state index < -0.39 is 0 Å². The Morgan fingerprint density at radius 2 is 1.75 bits per heavy atom. The Labute approximate surface area is 190 Å². The molecule has 32 heavy (non-hydrogen) atoms. The number of rotatable bonds is 4. The molecular weight excluding hydrogens is 420 g/mol. The maximum absolute atomic E-state index is 6.53. The van der Waals surface area contributed by atoms with Crippen LogP contribution in [0.3, 0.4) is 0 Å². The van der Waals surface area contributed by atoms with E-state index in [0.29, 0.717) is 10.8 Å². The van der Waals surface area contributed by atoms with E-state index in [0.717, 1.165) is 46.6 Å². The summed E-state index contributed by atoms with van der Waals surface area (Å²) in [5.41, 5.74) is 13.7. The van der Waals surface area contributed by atoms with E-state index in [1.54, 1.807) is 6.20 Å². The molecule has 1 aliphatic rings. The molecule has 0 saturated heterocycles. The molecule has 0 spiro atoms. The quantitative estimate of drug-likeness (QED) is 0.389. The largest absolute Gasteiger partial charge is 0.321 e. The van der Waals surface area contributed by atoms with Crippen molar-refractivity contribution in [2.75, 3.05) is 0 Å². The summed E-state index contributed by atoms with van der Waals surface area (Å²) in [4.78, 5) is 5.05. The lowest BCUT2D eigenvalue weighted by molar-refractivity contribution is 0.253. The predicted molar refractivity (Wildman–Crippen MR) is 126 cm³/mol. The first-order valence-electron chi connectivity index (χ1n) is 10.7. The van der Waals surface area contributed by atoms with Gasteiger partial charge >= 0.3 is 0 Å². The van der Waals surface area contributed by atoms with Crippen LogP contribution in [0.2, 0.25) is 5.15 Å². The normalized spacial score (nSPS) is 15.1. The van der Waals surface area contributed by atoms with Gasteiger partial charge in [-0.1, -0.05) is 66.2 Å². The molecule has 0 atom stereocenters. The maximum Gasteiger partial charge on any atom is 0.164 e. The van der Waals surface area contributed by atoms with Gasteiger partial charge in [-0.2, -0.15) is 10.2 Å². The molecule has 6 rings (SSSR count). The molecule has 5 aromatic rings. The Bertz CT molecular complexity index is 1400. The van der Waals surface area contributed by atoms with Crippen molar-refractivity contribution in [2.24, 2.45) is 5.73 Å². The number of nitrogens with two attached hydrogens (primary N) is 1. The van der Waals surface area contributed by atoms with Crippen molar-refractivity contribution in [3.05, 3.63) is 83.6 Å². The van der Waals surface area contributed by atoms with Gasteiger partial charge in [0.15, 0.2) is 10.8 Å². The highest BCUT2D eigenvalue weighted by molar-refractivity contribution is 6.29. The summed E-state index contributed by atoms with van der Waals surface area (Å²) in [7, 11) is 0. The van der Waals surface area contributed by atoms with Gasteiger partial charge in [0.25, 0.3) is 0 Å². The topological polar surface area (TPSA) is 84.9 Å². The number of nitrogens with one attached hydrogen (secondary N) is 1. The molecule has 0 bridgehead atoms. The van der Waals surface area contributed by atoms with Crippen LogP contribution >= 0.6 is 11.6 Å².